The van der Waals surface area contributed by atoms with Gasteiger partial charge >= 0.3 is 5.97 Å². The van der Waals surface area contributed by atoms with Crippen molar-refractivity contribution in [1.82, 2.24) is 14.9 Å². The van der Waals surface area contributed by atoms with Crippen molar-refractivity contribution in [3.63, 3.8) is 0 Å². The Balaban J connectivity index is 1.58. The molecule has 0 saturated heterocycles. The fourth-order valence-electron chi connectivity index (χ4n) is 4.12. The van der Waals surface area contributed by atoms with Crippen molar-refractivity contribution in [2.24, 2.45) is 5.92 Å². The van der Waals surface area contributed by atoms with E-state index in [1.54, 1.807) is 6.20 Å². The number of esters is 1. The molecular weight excluding hydrogens is 378 g/mol. The van der Waals surface area contributed by atoms with Crippen molar-refractivity contribution in [2.75, 3.05) is 0 Å². The Labute approximate surface area is 179 Å². The average Bonchev–Trinajstić information content (AvgIpc) is 3.43. The maximum Gasteiger partial charge on any atom is 0.308 e. The van der Waals surface area contributed by atoms with Crippen LogP contribution in [0.1, 0.15) is 69.9 Å². The highest BCUT2D eigenvalue weighted by Gasteiger charge is 2.26. The Bertz CT molecular complexity index is 812. The fraction of sp³-hybridized carbons (Fsp3) is 0.542. The summed E-state index contributed by atoms with van der Waals surface area (Å²) in [5.74, 6) is 0.622. The molecule has 2 aromatic rings. The van der Waals surface area contributed by atoms with Crippen molar-refractivity contribution in [2.45, 2.75) is 77.5 Å². The second kappa shape index (κ2) is 11.0. The summed E-state index contributed by atoms with van der Waals surface area (Å²) in [7, 11) is 0. The van der Waals surface area contributed by atoms with Crippen molar-refractivity contribution < 1.29 is 14.3 Å². The highest BCUT2D eigenvalue weighted by molar-refractivity contribution is 5.80. The average molecular weight is 412 g/mol. The molecule has 2 atom stereocenters. The fourth-order valence-corrected chi connectivity index (χ4v) is 4.12. The van der Waals surface area contributed by atoms with E-state index in [0.29, 0.717) is 6.42 Å². The largest absolute Gasteiger partial charge is 0.454 e. The van der Waals surface area contributed by atoms with Gasteiger partial charge in [0.15, 0.2) is 6.10 Å². The zero-order valence-electron chi connectivity index (χ0n) is 18.0. The number of nitrogens with zero attached hydrogens (tertiary/aromatic N) is 2. The quantitative estimate of drug-likeness (QED) is 0.595. The summed E-state index contributed by atoms with van der Waals surface area (Å²) < 4.78 is 7.87. The first-order valence-corrected chi connectivity index (χ1v) is 11.1. The summed E-state index contributed by atoms with van der Waals surface area (Å²) in [4.78, 5) is 29.4. The van der Waals surface area contributed by atoms with Gasteiger partial charge in [0.25, 0.3) is 0 Å². The third-order valence-corrected chi connectivity index (χ3v) is 5.78. The van der Waals surface area contributed by atoms with Gasteiger partial charge in [0.05, 0.1) is 6.42 Å². The number of hydrogen-bond donors (Lipinski definition) is 1. The monoisotopic (exact) mass is 411 g/mol. The van der Waals surface area contributed by atoms with E-state index in [1.807, 2.05) is 42.8 Å². The van der Waals surface area contributed by atoms with E-state index in [9.17, 15) is 9.59 Å². The zero-order valence-corrected chi connectivity index (χ0v) is 18.0. The molecule has 0 aliphatic heterocycles. The molecule has 0 spiro atoms. The van der Waals surface area contributed by atoms with E-state index in [1.165, 1.54) is 5.56 Å². The molecule has 1 aliphatic rings. The van der Waals surface area contributed by atoms with Gasteiger partial charge < -0.3 is 14.6 Å². The molecule has 0 bridgehead atoms. The molecule has 1 saturated carbocycles. The van der Waals surface area contributed by atoms with E-state index >= 15 is 0 Å². The van der Waals surface area contributed by atoms with Crippen LogP contribution >= 0.6 is 0 Å². The zero-order chi connectivity index (χ0) is 21.3. The maximum absolute atomic E-state index is 12.7. The Morgan fingerprint density at radius 1 is 1.23 bits per heavy atom. The van der Waals surface area contributed by atoms with Crippen LogP contribution in [0.15, 0.2) is 42.7 Å². The molecule has 1 fully saturated rings. The van der Waals surface area contributed by atoms with E-state index in [0.717, 1.165) is 44.5 Å². The first kappa shape index (κ1) is 22.1. The number of carbonyl (C=O) groups is 2. The summed E-state index contributed by atoms with van der Waals surface area (Å²) in [6.07, 6.45) is 8.98. The molecule has 30 heavy (non-hydrogen) atoms. The van der Waals surface area contributed by atoms with Gasteiger partial charge in [-0.25, -0.2) is 4.98 Å². The smallest absolute Gasteiger partial charge is 0.308 e. The van der Waals surface area contributed by atoms with Crippen LogP contribution in [-0.2, 0) is 27.3 Å². The molecule has 1 aliphatic carbocycles. The Morgan fingerprint density at radius 2 is 1.97 bits per heavy atom. The Kier molecular flexibility index (Phi) is 8.05. The summed E-state index contributed by atoms with van der Waals surface area (Å²) >= 11 is 0. The van der Waals surface area contributed by atoms with Gasteiger partial charge in [-0.2, -0.15) is 0 Å². The van der Waals surface area contributed by atoms with Crippen molar-refractivity contribution in [1.29, 1.82) is 0 Å². The van der Waals surface area contributed by atoms with Crippen LogP contribution in [0.2, 0.25) is 0 Å². The summed E-state index contributed by atoms with van der Waals surface area (Å²) in [5.41, 5.74) is 1.20. The predicted molar refractivity (Wildman–Crippen MR) is 116 cm³/mol. The van der Waals surface area contributed by atoms with E-state index in [4.69, 9.17) is 4.74 Å². The Hall–Kier alpha value is -2.63. The predicted octanol–water partition coefficient (Wildman–Crippen LogP) is 4.21. The number of hydrogen-bond acceptors (Lipinski definition) is 4. The standard InChI is InChI=1S/C24H33N3O3/c1-3-27-16-15-25-23(27)21(14-13-19-9-5-4-6-10-19)30-22(28)17-18(2)26-24(29)20-11-7-8-12-20/h4-6,9-10,15-16,18,20-21H,3,7-8,11-14,17H2,1-2H3,(H,26,29)/t18-,21-/m1/s1. The molecule has 1 heterocycles. The van der Waals surface area contributed by atoms with Gasteiger partial charge in [-0.1, -0.05) is 43.2 Å². The number of nitrogens with one attached hydrogen (secondary N) is 1. The molecule has 1 N–H and O–H groups in total. The molecular formula is C24H33N3O3. The number of benzene rings is 1. The van der Waals surface area contributed by atoms with Crippen LogP contribution < -0.4 is 5.32 Å². The van der Waals surface area contributed by atoms with Gasteiger partial charge in [0, 0.05) is 30.9 Å². The second-order valence-corrected chi connectivity index (χ2v) is 8.17. The molecule has 0 radical (unpaired) electrons. The lowest BCUT2D eigenvalue weighted by molar-refractivity contribution is -0.151. The minimum absolute atomic E-state index is 0.0648. The number of ether oxygens (including phenoxy) is 1. The first-order chi connectivity index (χ1) is 14.6. The molecule has 6 heteroatoms. The molecule has 0 unspecified atom stereocenters. The number of aryl methyl sites for hydroxylation is 2. The molecule has 1 aromatic carbocycles. The number of amides is 1. The summed E-state index contributed by atoms with van der Waals surface area (Å²) in [6, 6.07) is 9.92. The van der Waals surface area contributed by atoms with Crippen molar-refractivity contribution in [3.05, 3.63) is 54.1 Å². The number of aromatic nitrogens is 2. The highest BCUT2D eigenvalue weighted by Crippen LogP contribution is 2.25. The molecule has 1 amide bonds. The third-order valence-electron chi connectivity index (χ3n) is 5.78. The van der Waals surface area contributed by atoms with Gasteiger partial charge in [0.1, 0.15) is 5.82 Å². The number of carbonyl (C=O) groups excluding carboxylic acids is 2. The normalized spacial score (nSPS) is 16.2. The van der Waals surface area contributed by atoms with Gasteiger partial charge in [0.2, 0.25) is 5.91 Å². The van der Waals surface area contributed by atoms with E-state index in [2.05, 4.69) is 22.4 Å². The lowest BCUT2D eigenvalue weighted by Gasteiger charge is -2.21. The molecule has 162 valence electrons. The minimum atomic E-state index is -0.412. The van der Waals surface area contributed by atoms with Gasteiger partial charge in [-0.15, -0.1) is 0 Å². The van der Waals surface area contributed by atoms with E-state index < -0.39 is 6.10 Å². The van der Waals surface area contributed by atoms with Crippen molar-refractivity contribution >= 4 is 11.9 Å². The second-order valence-electron chi connectivity index (χ2n) is 8.17. The lowest BCUT2D eigenvalue weighted by atomic mass is 10.1. The van der Waals surface area contributed by atoms with Gasteiger partial charge in [-0.3, -0.25) is 9.59 Å². The molecule has 6 nitrogen and oxygen atoms in total. The molecule has 3 rings (SSSR count). The van der Waals surface area contributed by atoms with Crippen LogP contribution in [0, 0.1) is 5.92 Å². The van der Waals surface area contributed by atoms with Crippen LogP contribution in [0.25, 0.3) is 0 Å². The van der Waals surface area contributed by atoms with Crippen LogP contribution in [0.4, 0.5) is 0 Å². The van der Waals surface area contributed by atoms with Crippen LogP contribution in [-0.4, -0.2) is 27.5 Å². The third kappa shape index (κ3) is 6.18. The summed E-state index contributed by atoms with van der Waals surface area (Å²) in [5, 5.41) is 2.98. The molecule has 1 aromatic heterocycles. The Morgan fingerprint density at radius 3 is 2.67 bits per heavy atom. The van der Waals surface area contributed by atoms with Crippen LogP contribution in [0.5, 0.6) is 0 Å². The minimum Gasteiger partial charge on any atom is -0.454 e. The maximum atomic E-state index is 12.7. The highest BCUT2D eigenvalue weighted by atomic mass is 16.5. The lowest BCUT2D eigenvalue weighted by Crippen LogP contribution is -2.38. The topological polar surface area (TPSA) is 73.2 Å². The van der Waals surface area contributed by atoms with Crippen molar-refractivity contribution in [3.8, 4) is 0 Å². The number of rotatable bonds is 10. The van der Waals surface area contributed by atoms with E-state index in [-0.39, 0.29) is 30.3 Å². The SMILES string of the molecule is CCn1ccnc1[C@@H](CCc1ccccc1)OC(=O)C[C@@H](C)NC(=O)C1CCCC1. The van der Waals surface area contributed by atoms with Gasteiger partial charge in [-0.05, 0) is 45.1 Å². The number of imidazole rings is 1. The summed E-state index contributed by atoms with van der Waals surface area (Å²) in [6.45, 7) is 4.67. The first-order valence-electron chi connectivity index (χ1n) is 11.1. The van der Waals surface area contributed by atoms with Crippen LogP contribution in [0.3, 0.4) is 0 Å².